The summed E-state index contributed by atoms with van der Waals surface area (Å²) in [5.74, 6) is -1.24. The quantitative estimate of drug-likeness (QED) is 0.762. The number of rotatable bonds is 3. The van der Waals surface area contributed by atoms with Crippen molar-refractivity contribution in [3.05, 3.63) is 69.2 Å². The van der Waals surface area contributed by atoms with Crippen LogP contribution in [0.15, 0.2) is 40.9 Å². The van der Waals surface area contributed by atoms with Crippen LogP contribution in [-0.4, -0.2) is 5.78 Å². The molecule has 0 fully saturated rings. The summed E-state index contributed by atoms with van der Waals surface area (Å²) >= 11 is 3.20. The van der Waals surface area contributed by atoms with Crippen molar-refractivity contribution in [1.29, 1.82) is 0 Å². The van der Waals surface area contributed by atoms with Gasteiger partial charge in [-0.3, -0.25) is 4.79 Å². The van der Waals surface area contributed by atoms with Crippen molar-refractivity contribution in [2.75, 3.05) is 0 Å². The number of hydrogen-bond donors (Lipinski definition) is 0. The number of benzene rings is 2. The Morgan fingerprint density at radius 1 is 1.16 bits per heavy atom. The van der Waals surface area contributed by atoms with E-state index >= 15 is 0 Å². The highest BCUT2D eigenvalue weighted by Crippen LogP contribution is 2.21. The van der Waals surface area contributed by atoms with Crippen LogP contribution in [0.25, 0.3) is 0 Å². The van der Waals surface area contributed by atoms with Gasteiger partial charge in [0, 0.05) is 10.9 Å². The zero-order valence-electron chi connectivity index (χ0n) is 10.2. The summed E-state index contributed by atoms with van der Waals surface area (Å²) in [7, 11) is 0. The highest BCUT2D eigenvalue weighted by atomic mass is 79.9. The molecule has 0 atom stereocenters. The average Bonchev–Trinajstić information content (AvgIpc) is 2.35. The van der Waals surface area contributed by atoms with Gasteiger partial charge in [0.2, 0.25) is 0 Å². The fourth-order valence-corrected chi connectivity index (χ4v) is 2.28. The third-order valence-electron chi connectivity index (χ3n) is 2.79. The van der Waals surface area contributed by atoms with Gasteiger partial charge in [0.25, 0.3) is 0 Å². The summed E-state index contributed by atoms with van der Waals surface area (Å²) < 4.78 is 27.1. The van der Waals surface area contributed by atoms with E-state index in [1.165, 1.54) is 30.3 Å². The number of hydrogen-bond acceptors (Lipinski definition) is 1. The molecule has 0 radical (unpaired) electrons. The first-order chi connectivity index (χ1) is 8.97. The summed E-state index contributed by atoms with van der Waals surface area (Å²) in [5, 5.41) is 0. The molecule has 98 valence electrons. The molecule has 2 aromatic carbocycles. The van der Waals surface area contributed by atoms with Crippen molar-refractivity contribution >= 4 is 21.7 Å². The van der Waals surface area contributed by atoms with Crippen molar-refractivity contribution < 1.29 is 13.6 Å². The molecule has 0 spiro atoms. The average molecular weight is 325 g/mol. The van der Waals surface area contributed by atoms with Crippen molar-refractivity contribution in [2.45, 2.75) is 13.3 Å². The van der Waals surface area contributed by atoms with Gasteiger partial charge in [-0.25, -0.2) is 8.78 Å². The molecule has 0 saturated heterocycles. The maximum atomic E-state index is 13.6. The molecule has 0 N–H and O–H groups in total. The second kappa shape index (κ2) is 5.61. The van der Waals surface area contributed by atoms with Crippen molar-refractivity contribution in [3.8, 4) is 0 Å². The predicted molar refractivity (Wildman–Crippen MR) is 73.3 cm³/mol. The standard InChI is InChI=1S/C15H11BrF2O/c1-9-2-5-14(18)12(6-9)15(19)7-10-3-4-11(17)8-13(10)16/h2-6,8H,7H2,1H3. The fourth-order valence-electron chi connectivity index (χ4n) is 1.79. The van der Waals surface area contributed by atoms with Gasteiger partial charge in [-0.05, 0) is 36.8 Å². The number of carbonyl (C=O) groups is 1. The van der Waals surface area contributed by atoms with Gasteiger partial charge in [0.1, 0.15) is 11.6 Å². The van der Waals surface area contributed by atoms with Crippen LogP contribution >= 0.6 is 15.9 Å². The molecule has 0 aromatic heterocycles. The van der Waals surface area contributed by atoms with Crippen molar-refractivity contribution in [2.24, 2.45) is 0 Å². The predicted octanol–water partition coefficient (Wildman–Crippen LogP) is 4.46. The Bertz CT molecular complexity index is 638. The van der Waals surface area contributed by atoms with E-state index in [2.05, 4.69) is 15.9 Å². The van der Waals surface area contributed by atoms with Gasteiger partial charge < -0.3 is 0 Å². The monoisotopic (exact) mass is 324 g/mol. The lowest BCUT2D eigenvalue weighted by molar-refractivity contribution is 0.0989. The minimum atomic E-state index is -0.533. The molecule has 0 bridgehead atoms. The number of halogens is 3. The van der Waals surface area contributed by atoms with Crippen LogP contribution in [0.3, 0.4) is 0 Å². The van der Waals surface area contributed by atoms with Crippen LogP contribution in [0.4, 0.5) is 8.78 Å². The molecule has 0 aliphatic carbocycles. The van der Waals surface area contributed by atoms with Gasteiger partial charge in [-0.1, -0.05) is 33.6 Å². The lowest BCUT2D eigenvalue weighted by atomic mass is 10.0. The molecule has 0 heterocycles. The number of aryl methyl sites for hydroxylation is 1. The van der Waals surface area contributed by atoms with Crippen molar-refractivity contribution in [3.63, 3.8) is 0 Å². The van der Waals surface area contributed by atoms with Crippen LogP contribution < -0.4 is 0 Å². The van der Waals surface area contributed by atoms with E-state index < -0.39 is 5.82 Å². The van der Waals surface area contributed by atoms with E-state index in [1.807, 2.05) is 0 Å². The summed E-state index contributed by atoms with van der Waals surface area (Å²) in [6.45, 7) is 1.80. The SMILES string of the molecule is Cc1ccc(F)c(C(=O)Cc2ccc(F)cc2Br)c1. The zero-order valence-corrected chi connectivity index (χ0v) is 11.8. The fraction of sp³-hybridized carbons (Fsp3) is 0.133. The molecule has 4 heteroatoms. The van der Waals surface area contributed by atoms with Crippen molar-refractivity contribution in [1.82, 2.24) is 0 Å². The first kappa shape index (κ1) is 13.9. The molecular weight excluding hydrogens is 314 g/mol. The van der Waals surface area contributed by atoms with Crippen LogP contribution in [0, 0.1) is 18.6 Å². The molecule has 19 heavy (non-hydrogen) atoms. The highest BCUT2D eigenvalue weighted by Gasteiger charge is 2.14. The highest BCUT2D eigenvalue weighted by molar-refractivity contribution is 9.10. The largest absolute Gasteiger partial charge is 0.294 e. The Kier molecular flexibility index (Phi) is 4.10. The maximum Gasteiger partial charge on any atom is 0.170 e. The van der Waals surface area contributed by atoms with Crippen LogP contribution in [0.1, 0.15) is 21.5 Å². The third-order valence-corrected chi connectivity index (χ3v) is 3.53. The lowest BCUT2D eigenvalue weighted by Crippen LogP contribution is -2.07. The molecule has 2 rings (SSSR count). The number of Topliss-reactive ketones (excluding diaryl/α,β-unsaturated/α-hetero) is 1. The summed E-state index contributed by atoms with van der Waals surface area (Å²) in [4.78, 5) is 12.1. The van der Waals surface area contributed by atoms with Gasteiger partial charge >= 0.3 is 0 Å². The Morgan fingerprint density at radius 2 is 1.89 bits per heavy atom. The molecule has 0 unspecified atom stereocenters. The molecule has 0 aliphatic rings. The van der Waals surface area contributed by atoms with E-state index in [-0.39, 0.29) is 23.6 Å². The summed E-state index contributed by atoms with van der Waals surface area (Å²) in [6, 6.07) is 8.50. The third kappa shape index (κ3) is 3.26. The summed E-state index contributed by atoms with van der Waals surface area (Å²) in [5.41, 5.74) is 1.52. The first-order valence-electron chi connectivity index (χ1n) is 5.70. The van der Waals surface area contributed by atoms with E-state index in [9.17, 15) is 13.6 Å². The Balaban J connectivity index is 2.28. The number of carbonyl (C=O) groups excluding carboxylic acids is 1. The lowest BCUT2D eigenvalue weighted by Gasteiger charge is -2.06. The Hall–Kier alpha value is -1.55. The second-order valence-corrected chi connectivity index (χ2v) is 5.17. The second-order valence-electron chi connectivity index (χ2n) is 4.32. The van der Waals surface area contributed by atoms with Gasteiger partial charge in [-0.2, -0.15) is 0 Å². The Labute approximate surface area is 118 Å². The molecule has 0 amide bonds. The maximum absolute atomic E-state index is 13.6. The normalized spacial score (nSPS) is 10.5. The summed E-state index contributed by atoms with van der Waals surface area (Å²) in [6.07, 6.45) is 0.0290. The van der Waals surface area contributed by atoms with Crippen LogP contribution in [0.2, 0.25) is 0 Å². The molecule has 0 saturated carbocycles. The molecule has 1 nitrogen and oxygen atoms in total. The van der Waals surface area contributed by atoms with Gasteiger partial charge in [-0.15, -0.1) is 0 Å². The molecular formula is C15H11BrF2O. The molecule has 2 aromatic rings. The Morgan fingerprint density at radius 3 is 2.58 bits per heavy atom. The number of ketones is 1. The van der Waals surface area contributed by atoms with E-state index in [4.69, 9.17) is 0 Å². The van der Waals surface area contributed by atoms with Crippen LogP contribution in [0.5, 0.6) is 0 Å². The molecule has 0 aliphatic heterocycles. The topological polar surface area (TPSA) is 17.1 Å². The van der Waals surface area contributed by atoms with Gasteiger partial charge in [0.15, 0.2) is 5.78 Å². The smallest absolute Gasteiger partial charge is 0.170 e. The van der Waals surface area contributed by atoms with Crippen LogP contribution in [-0.2, 0) is 6.42 Å². The minimum Gasteiger partial charge on any atom is -0.294 e. The van der Waals surface area contributed by atoms with Gasteiger partial charge in [0.05, 0.1) is 5.56 Å². The van der Waals surface area contributed by atoms with E-state index in [0.29, 0.717) is 10.0 Å². The minimum absolute atomic E-state index is 0.0290. The van der Waals surface area contributed by atoms with E-state index in [1.54, 1.807) is 13.0 Å². The zero-order chi connectivity index (χ0) is 14.0. The first-order valence-corrected chi connectivity index (χ1v) is 6.50. The van der Waals surface area contributed by atoms with E-state index in [0.717, 1.165) is 5.56 Å².